The number of hydrogen-bond acceptors (Lipinski definition) is 5. The highest BCUT2D eigenvalue weighted by atomic mass is 19.1. The van der Waals surface area contributed by atoms with Crippen LogP contribution in [0.15, 0.2) is 47.0 Å². The van der Waals surface area contributed by atoms with Gasteiger partial charge in [0.1, 0.15) is 5.82 Å². The fourth-order valence-corrected chi connectivity index (χ4v) is 3.54. The molecule has 0 aliphatic carbocycles. The van der Waals surface area contributed by atoms with E-state index in [0.29, 0.717) is 17.4 Å². The SMILES string of the molecule is Cc1noc([C@H](C)N2CCc3c(cccc3NC(=O)Nc3ccc(F)cc3)C2)n1. The Morgan fingerprint density at radius 3 is 2.72 bits per heavy atom. The minimum absolute atomic E-state index is 0.0164. The molecule has 3 aromatic rings. The Morgan fingerprint density at radius 2 is 2.00 bits per heavy atom. The van der Waals surface area contributed by atoms with Crippen LogP contribution in [0.1, 0.15) is 35.8 Å². The van der Waals surface area contributed by atoms with Crippen LogP contribution in [0.4, 0.5) is 20.6 Å². The van der Waals surface area contributed by atoms with Crippen LogP contribution < -0.4 is 10.6 Å². The molecule has 29 heavy (non-hydrogen) atoms. The van der Waals surface area contributed by atoms with E-state index < -0.39 is 0 Å². The zero-order valence-corrected chi connectivity index (χ0v) is 16.3. The molecule has 0 saturated carbocycles. The van der Waals surface area contributed by atoms with E-state index >= 15 is 0 Å². The summed E-state index contributed by atoms with van der Waals surface area (Å²) >= 11 is 0. The average molecular weight is 395 g/mol. The van der Waals surface area contributed by atoms with E-state index in [1.807, 2.05) is 12.1 Å². The largest absolute Gasteiger partial charge is 0.338 e. The lowest BCUT2D eigenvalue weighted by atomic mass is 9.96. The first-order valence-corrected chi connectivity index (χ1v) is 9.48. The first kappa shape index (κ1) is 19.1. The van der Waals surface area contributed by atoms with Gasteiger partial charge in [0.25, 0.3) is 0 Å². The number of fused-ring (bicyclic) bond motifs is 1. The predicted octanol–water partition coefficient (Wildman–Crippen LogP) is 4.28. The van der Waals surface area contributed by atoms with Crippen LogP contribution in [0.3, 0.4) is 0 Å². The molecule has 8 heteroatoms. The maximum atomic E-state index is 13.0. The maximum absolute atomic E-state index is 13.0. The highest BCUT2D eigenvalue weighted by molar-refractivity contribution is 6.00. The molecule has 0 saturated heterocycles. The fourth-order valence-electron chi connectivity index (χ4n) is 3.54. The topological polar surface area (TPSA) is 83.3 Å². The van der Waals surface area contributed by atoms with Crippen LogP contribution in [-0.4, -0.2) is 27.6 Å². The molecule has 1 aliphatic heterocycles. The van der Waals surface area contributed by atoms with Crippen LogP contribution in [0.5, 0.6) is 0 Å². The lowest BCUT2D eigenvalue weighted by Gasteiger charge is -2.32. The first-order valence-electron chi connectivity index (χ1n) is 9.48. The standard InChI is InChI=1S/C21H22FN5O2/c1-13(20-23-14(2)26-29-20)27-11-10-18-15(12-27)4-3-5-19(18)25-21(28)24-17-8-6-16(22)7-9-17/h3-9,13H,10-12H2,1-2H3,(H2,24,25,28)/t13-/m0/s1. The number of aryl methyl sites for hydroxylation is 1. The zero-order valence-electron chi connectivity index (χ0n) is 16.3. The lowest BCUT2D eigenvalue weighted by Crippen LogP contribution is -2.33. The second kappa shape index (κ2) is 8.00. The number of urea groups is 1. The summed E-state index contributed by atoms with van der Waals surface area (Å²) in [6.07, 6.45) is 0.791. The molecule has 0 unspecified atom stereocenters. The second-order valence-corrected chi connectivity index (χ2v) is 7.11. The monoisotopic (exact) mass is 395 g/mol. The molecule has 0 bridgehead atoms. The first-order chi connectivity index (χ1) is 14.0. The van der Waals surface area contributed by atoms with Crippen molar-refractivity contribution in [1.29, 1.82) is 0 Å². The second-order valence-electron chi connectivity index (χ2n) is 7.11. The number of aromatic nitrogens is 2. The normalized spacial score (nSPS) is 14.9. The molecule has 0 spiro atoms. The molecule has 2 amide bonds. The number of nitrogens with zero attached hydrogens (tertiary/aromatic N) is 3. The summed E-state index contributed by atoms with van der Waals surface area (Å²) in [5, 5.41) is 9.50. The Kier molecular flexibility index (Phi) is 5.26. The van der Waals surface area contributed by atoms with Gasteiger partial charge in [0.15, 0.2) is 5.82 Å². The molecule has 0 radical (unpaired) electrons. The van der Waals surface area contributed by atoms with Gasteiger partial charge in [-0.1, -0.05) is 17.3 Å². The van der Waals surface area contributed by atoms with E-state index in [1.54, 1.807) is 6.92 Å². The third kappa shape index (κ3) is 4.27. The Balaban J connectivity index is 1.45. The summed E-state index contributed by atoms with van der Waals surface area (Å²) in [6.45, 7) is 5.40. The molecule has 4 rings (SSSR count). The van der Waals surface area contributed by atoms with Gasteiger partial charge in [-0.25, -0.2) is 9.18 Å². The number of benzene rings is 2. The smallest absolute Gasteiger partial charge is 0.323 e. The lowest BCUT2D eigenvalue weighted by molar-refractivity contribution is 0.158. The van der Waals surface area contributed by atoms with Gasteiger partial charge in [0.05, 0.1) is 6.04 Å². The molecular weight excluding hydrogens is 373 g/mol. The van der Waals surface area contributed by atoms with Gasteiger partial charge >= 0.3 is 6.03 Å². The Bertz CT molecular complexity index is 1020. The molecule has 1 aliphatic rings. The quantitative estimate of drug-likeness (QED) is 0.689. The van der Waals surface area contributed by atoms with Crippen molar-refractivity contribution in [3.8, 4) is 0 Å². The Labute approximate surface area is 167 Å². The highest BCUT2D eigenvalue weighted by Gasteiger charge is 2.26. The number of nitrogens with one attached hydrogen (secondary N) is 2. The molecule has 7 nitrogen and oxygen atoms in total. The Hall–Kier alpha value is -3.26. The molecule has 150 valence electrons. The number of amides is 2. The van der Waals surface area contributed by atoms with Crippen LogP contribution in [0, 0.1) is 12.7 Å². The van der Waals surface area contributed by atoms with E-state index in [9.17, 15) is 9.18 Å². The van der Waals surface area contributed by atoms with Gasteiger partial charge in [-0.2, -0.15) is 4.98 Å². The highest BCUT2D eigenvalue weighted by Crippen LogP contribution is 2.30. The molecule has 2 heterocycles. The van der Waals surface area contributed by atoms with Gasteiger partial charge in [0.2, 0.25) is 5.89 Å². The van der Waals surface area contributed by atoms with Crippen molar-refractivity contribution in [1.82, 2.24) is 15.0 Å². The Morgan fingerprint density at radius 1 is 1.21 bits per heavy atom. The van der Waals surface area contributed by atoms with Crippen molar-refractivity contribution in [3.05, 3.63) is 71.1 Å². The van der Waals surface area contributed by atoms with Crippen LogP contribution in [0.25, 0.3) is 0 Å². The predicted molar refractivity (Wildman–Crippen MR) is 107 cm³/mol. The van der Waals surface area contributed by atoms with Crippen molar-refractivity contribution in [2.75, 3.05) is 17.2 Å². The van der Waals surface area contributed by atoms with Gasteiger partial charge in [-0.15, -0.1) is 0 Å². The number of anilines is 2. The van der Waals surface area contributed by atoms with Gasteiger partial charge in [-0.05, 0) is 61.7 Å². The number of carbonyl (C=O) groups excluding carboxylic acids is 1. The van der Waals surface area contributed by atoms with E-state index in [0.717, 1.165) is 36.3 Å². The number of halogens is 1. The van der Waals surface area contributed by atoms with Crippen LogP contribution in [0.2, 0.25) is 0 Å². The third-order valence-electron chi connectivity index (χ3n) is 5.09. The number of rotatable bonds is 4. The summed E-state index contributed by atoms with van der Waals surface area (Å²) in [6, 6.07) is 11.2. The molecule has 1 atom stereocenters. The van der Waals surface area contributed by atoms with E-state index in [1.165, 1.54) is 24.3 Å². The minimum atomic E-state index is -0.359. The third-order valence-corrected chi connectivity index (χ3v) is 5.09. The van der Waals surface area contributed by atoms with E-state index in [-0.39, 0.29) is 17.9 Å². The molecule has 0 fully saturated rings. The summed E-state index contributed by atoms with van der Waals surface area (Å²) < 4.78 is 18.3. The van der Waals surface area contributed by atoms with E-state index in [4.69, 9.17) is 4.52 Å². The fraction of sp³-hybridized carbons (Fsp3) is 0.286. The van der Waals surface area contributed by atoms with Crippen molar-refractivity contribution in [2.24, 2.45) is 0 Å². The van der Waals surface area contributed by atoms with Gasteiger partial charge in [0, 0.05) is 24.5 Å². The van der Waals surface area contributed by atoms with Crippen molar-refractivity contribution < 1.29 is 13.7 Å². The maximum Gasteiger partial charge on any atom is 0.323 e. The van der Waals surface area contributed by atoms with Crippen LogP contribution in [-0.2, 0) is 13.0 Å². The molecule has 2 N–H and O–H groups in total. The zero-order chi connectivity index (χ0) is 20.4. The van der Waals surface area contributed by atoms with E-state index in [2.05, 4.69) is 38.7 Å². The van der Waals surface area contributed by atoms with Crippen molar-refractivity contribution in [2.45, 2.75) is 32.9 Å². The molecular formula is C21H22FN5O2. The van der Waals surface area contributed by atoms with Crippen molar-refractivity contribution >= 4 is 17.4 Å². The average Bonchev–Trinajstić information content (AvgIpc) is 3.15. The summed E-state index contributed by atoms with van der Waals surface area (Å²) in [5.41, 5.74) is 3.58. The van der Waals surface area contributed by atoms with Crippen molar-refractivity contribution in [3.63, 3.8) is 0 Å². The summed E-state index contributed by atoms with van der Waals surface area (Å²) in [4.78, 5) is 19.0. The molecule has 1 aromatic heterocycles. The van der Waals surface area contributed by atoms with Gasteiger partial charge < -0.3 is 15.2 Å². The summed E-state index contributed by atoms with van der Waals surface area (Å²) in [7, 11) is 0. The minimum Gasteiger partial charge on any atom is -0.338 e. The summed E-state index contributed by atoms with van der Waals surface area (Å²) in [5.74, 6) is 0.893. The van der Waals surface area contributed by atoms with Crippen LogP contribution >= 0.6 is 0 Å². The molecule has 2 aromatic carbocycles. The number of hydrogen-bond donors (Lipinski definition) is 2. The number of carbonyl (C=O) groups is 1. The van der Waals surface area contributed by atoms with Gasteiger partial charge in [-0.3, -0.25) is 4.90 Å².